The van der Waals surface area contributed by atoms with Gasteiger partial charge < -0.3 is 16.3 Å². The summed E-state index contributed by atoms with van der Waals surface area (Å²) < 4.78 is 0. The van der Waals surface area contributed by atoms with Gasteiger partial charge in [-0.1, -0.05) is 6.92 Å². The number of hydrogen-bond donors (Lipinski definition) is 3. The summed E-state index contributed by atoms with van der Waals surface area (Å²) in [4.78, 5) is 5.19. The predicted octanol–water partition coefficient (Wildman–Crippen LogP) is 1.01. The lowest BCUT2D eigenvalue weighted by Crippen LogP contribution is -2.26. The van der Waals surface area contributed by atoms with Gasteiger partial charge in [-0.25, -0.2) is 0 Å². The van der Waals surface area contributed by atoms with Gasteiger partial charge in [-0.2, -0.15) is 5.48 Å². The zero-order chi connectivity index (χ0) is 11.1. The van der Waals surface area contributed by atoms with Crippen LogP contribution in [0, 0.1) is 0 Å². The van der Waals surface area contributed by atoms with Crippen molar-refractivity contribution in [3.63, 3.8) is 0 Å². The van der Waals surface area contributed by atoms with E-state index in [9.17, 15) is 0 Å². The minimum atomic E-state index is -0.154. The zero-order valence-corrected chi connectivity index (χ0v) is 9.42. The number of rotatable bonds is 5. The molecule has 1 unspecified atom stereocenters. The molecule has 0 bridgehead atoms. The third-order valence-corrected chi connectivity index (χ3v) is 2.22. The van der Waals surface area contributed by atoms with Crippen LogP contribution in [-0.4, -0.2) is 13.1 Å². The van der Waals surface area contributed by atoms with Crippen LogP contribution < -0.4 is 16.9 Å². The molecule has 0 saturated carbocycles. The molecule has 5 N–H and O–H groups in total. The maximum absolute atomic E-state index is 6.00. The van der Waals surface area contributed by atoms with Crippen LogP contribution in [0.5, 0.6) is 0 Å². The standard InChI is InChI=1S/C10H21N3O/c1-5-9(8(3)14-13-4)10(12)7(2)6-11/h6,10,13H,5,11-12H2,1-4H3/b7-6+,9-8+. The summed E-state index contributed by atoms with van der Waals surface area (Å²) in [5.41, 5.74) is 16.0. The Morgan fingerprint density at radius 1 is 1.50 bits per heavy atom. The quantitative estimate of drug-likeness (QED) is 0.456. The maximum atomic E-state index is 6.00. The number of nitrogens with two attached hydrogens (primary N) is 2. The molecule has 0 aliphatic rings. The van der Waals surface area contributed by atoms with Gasteiger partial charge in [0.05, 0.1) is 6.04 Å². The lowest BCUT2D eigenvalue weighted by molar-refractivity contribution is 0.124. The third kappa shape index (κ3) is 3.40. The van der Waals surface area contributed by atoms with Crippen LogP contribution in [0.25, 0.3) is 0 Å². The molecule has 82 valence electrons. The number of hydrogen-bond acceptors (Lipinski definition) is 4. The highest BCUT2D eigenvalue weighted by molar-refractivity contribution is 5.25. The van der Waals surface area contributed by atoms with Gasteiger partial charge in [-0.15, -0.1) is 0 Å². The second-order valence-electron chi connectivity index (χ2n) is 3.13. The van der Waals surface area contributed by atoms with Gasteiger partial charge in [0.15, 0.2) is 0 Å². The van der Waals surface area contributed by atoms with E-state index in [0.717, 1.165) is 23.3 Å². The minimum Gasteiger partial charge on any atom is -0.414 e. The summed E-state index contributed by atoms with van der Waals surface area (Å²) in [5, 5.41) is 0. The van der Waals surface area contributed by atoms with Crippen LogP contribution in [-0.2, 0) is 4.84 Å². The van der Waals surface area contributed by atoms with Crippen LogP contribution in [0.1, 0.15) is 27.2 Å². The highest BCUT2D eigenvalue weighted by atomic mass is 16.6. The van der Waals surface area contributed by atoms with Crippen LogP contribution in [0.15, 0.2) is 23.1 Å². The van der Waals surface area contributed by atoms with Crippen molar-refractivity contribution in [2.45, 2.75) is 33.2 Å². The van der Waals surface area contributed by atoms with Gasteiger partial charge in [0.25, 0.3) is 0 Å². The SMILES string of the molecule is CC/C(=C(/C)ONC)C(N)/C(C)=C/N. The van der Waals surface area contributed by atoms with Crippen molar-refractivity contribution in [2.24, 2.45) is 11.5 Å². The maximum Gasteiger partial charge on any atom is 0.122 e. The second-order valence-corrected chi connectivity index (χ2v) is 3.13. The number of allylic oxidation sites excluding steroid dienone is 1. The minimum absolute atomic E-state index is 0.154. The lowest BCUT2D eigenvalue weighted by atomic mass is 9.98. The summed E-state index contributed by atoms with van der Waals surface area (Å²) in [7, 11) is 1.72. The monoisotopic (exact) mass is 199 g/mol. The smallest absolute Gasteiger partial charge is 0.122 e. The first-order valence-electron chi connectivity index (χ1n) is 4.75. The zero-order valence-electron chi connectivity index (χ0n) is 9.42. The summed E-state index contributed by atoms with van der Waals surface area (Å²) in [6.45, 7) is 5.84. The highest BCUT2D eigenvalue weighted by Gasteiger charge is 2.13. The second kappa shape index (κ2) is 6.45. The van der Waals surface area contributed by atoms with E-state index in [1.54, 1.807) is 7.05 Å². The van der Waals surface area contributed by atoms with Crippen LogP contribution >= 0.6 is 0 Å². The molecule has 4 nitrogen and oxygen atoms in total. The molecule has 0 aromatic carbocycles. The fourth-order valence-corrected chi connectivity index (χ4v) is 1.28. The fourth-order valence-electron chi connectivity index (χ4n) is 1.28. The molecule has 0 radical (unpaired) electrons. The topological polar surface area (TPSA) is 73.3 Å². The van der Waals surface area contributed by atoms with Gasteiger partial charge in [0.2, 0.25) is 0 Å². The molecule has 0 aliphatic carbocycles. The van der Waals surface area contributed by atoms with Crippen LogP contribution in [0.3, 0.4) is 0 Å². The summed E-state index contributed by atoms with van der Waals surface area (Å²) in [6, 6.07) is -0.154. The third-order valence-electron chi connectivity index (χ3n) is 2.22. The molecule has 0 aromatic rings. The molecule has 4 heteroatoms. The first-order chi connectivity index (χ1) is 6.58. The van der Waals surface area contributed by atoms with E-state index in [0.29, 0.717) is 0 Å². The van der Waals surface area contributed by atoms with E-state index in [1.165, 1.54) is 6.20 Å². The van der Waals surface area contributed by atoms with E-state index in [2.05, 4.69) is 5.48 Å². The molecular weight excluding hydrogens is 178 g/mol. The largest absolute Gasteiger partial charge is 0.414 e. The van der Waals surface area contributed by atoms with E-state index in [1.807, 2.05) is 20.8 Å². The summed E-state index contributed by atoms with van der Waals surface area (Å²) >= 11 is 0. The van der Waals surface area contributed by atoms with Gasteiger partial charge in [-0.3, -0.25) is 0 Å². The lowest BCUT2D eigenvalue weighted by Gasteiger charge is -2.18. The normalized spacial score (nSPS) is 16.2. The fraction of sp³-hybridized carbons (Fsp3) is 0.600. The Kier molecular flexibility index (Phi) is 5.99. The van der Waals surface area contributed by atoms with Crippen molar-refractivity contribution in [1.29, 1.82) is 0 Å². The van der Waals surface area contributed by atoms with Gasteiger partial charge in [-0.05, 0) is 37.6 Å². The molecule has 0 saturated heterocycles. The molecule has 0 fully saturated rings. The summed E-state index contributed by atoms with van der Waals surface area (Å²) in [5.74, 6) is 0.809. The molecule has 0 amide bonds. The van der Waals surface area contributed by atoms with E-state index in [-0.39, 0.29) is 6.04 Å². The predicted molar refractivity (Wildman–Crippen MR) is 59.1 cm³/mol. The van der Waals surface area contributed by atoms with Crippen molar-refractivity contribution in [1.82, 2.24) is 5.48 Å². The molecule has 14 heavy (non-hydrogen) atoms. The van der Waals surface area contributed by atoms with Gasteiger partial charge >= 0.3 is 0 Å². The number of nitrogens with one attached hydrogen (secondary N) is 1. The molecule has 0 aromatic heterocycles. The van der Waals surface area contributed by atoms with Crippen molar-refractivity contribution in [2.75, 3.05) is 7.05 Å². The molecular formula is C10H21N3O. The molecule has 0 rings (SSSR count). The van der Waals surface area contributed by atoms with Crippen molar-refractivity contribution >= 4 is 0 Å². The Hall–Kier alpha value is -1.00. The van der Waals surface area contributed by atoms with Crippen molar-refractivity contribution in [3.8, 4) is 0 Å². The molecule has 0 spiro atoms. The highest BCUT2D eigenvalue weighted by Crippen LogP contribution is 2.16. The average molecular weight is 199 g/mol. The Balaban J connectivity index is 4.79. The Morgan fingerprint density at radius 2 is 2.07 bits per heavy atom. The van der Waals surface area contributed by atoms with Crippen molar-refractivity contribution in [3.05, 3.63) is 23.1 Å². The first-order valence-corrected chi connectivity index (χ1v) is 4.75. The van der Waals surface area contributed by atoms with E-state index >= 15 is 0 Å². The van der Waals surface area contributed by atoms with Gasteiger partial charge in [0, 0.05) is 7.05 Å². The van der Waals surface area contributed by atoms with Gasteiger partial charge in [0.1, 0.15) is 5.76 Å². The Labute approximate surface area is 85.9 Å². The Morgan fingerprint density at radius 3 is 2.43 bits per heavy atom. The molecule has 1 atom stereocenters. The summed E-state index contributed by atoms with van der Waals surface area (Å²) in [6.07, 6.45) is 2.38. The van der Waals surface area contributed by atoms with E-state index in [4.69, 9.17) is 16.3 Å². The van der Waals surface area contributed by atoms with Crippen LogP contribution in [0.4, 0.5) is 0 Å². The molecule has 0 aliphatic heterocycles. The van der Waals surface area contributed by atoms with Crippen LogP contribution in [0.2, 0.25) is 0 Å². The van der Waals surface area contributed by atoms with Crippen molar-refractivity contribution < 1.29 is 4.84 Å². The Bertz CT molecular complexity index is 234. The number of hydroxylamine groups is 1. The molecule has 0 heterocycles. The first kappa shape index (κ1) is 13.0. The van der Waals surface area contributed by atoms with E-state index < -0.39 is 0 Å². The average Bonchev–Trinajstić information content (AvgIpc) is 2.18.